The molecule has 0 radical (unpaired) electrons. The molecule has 1 unspecified atom stereocenters. The van der Waals surface area contributed by atoms with Crippen molar-refractivity contribution in [2.75, 3.05) is 19.6 Å². The molecule has 0 aromatic carbocycles. The molecule has 1 fully saturated rings. The summed E-state index contributed by atoms with van der Waals surface area (Å²) in [5.74, 6) is -1.27. The molecule has 0 aliphatic carbocycles. The van der Waals surface area contributed by atoms with Crippen molar-refractivity contribution in [2.45, 2.75) is 31.8 Å². The van der Waals surface area contributed by atoms with Crippen LogP contribution in [0, 0.1) is 0 Å². The van der Waals surface area contributed by atoms with Gasteiger partial charge in [-0.05, 0) is 12.8 Å². The number of piperidine rings is 1. The van der Waals surface area contributed by atoms with Gasteiger partial charge in [-0.25, -0.2) is 14.6 Å². The van der Waals surface area contributed by atoms with E-state index in [-0.39, 0.29) is 19.0 Å². The highest BCUT2D eigenvalue weighted by Crippen LogP contribution is 2.05. The number of nitrogens with zero attached hydrogens (tertiary/aromatic N) is 1. The molecule has 7 heteroatoms. The van der Waals surface area contributed by atoms with Crippen LogP contribution in [0.15, 0.2) is 0 Å². The van der Waals surface area contributed by atoms with Crippen LogP contribution in [0.25, 0.3) is 0 Å². The van der Waals surface area contributed by atoms with Crippen LogP contribution in [-0.4, -0.2) is 53.0 Å². The van der Waals surface area contributed by atoms with Crippen molar-refractivity contribution in [2.24, 2.45) is 0 Å². The minimum atomic E-state index is -1.43. The first kappa shape index (κ1) is 13.7. The Hall–Kier alpha value is -1.34. The number of hydrogen-bond donors (Lipinski definition) is 4. The normalized spacial score (nSPS) is 18.4. The first-order chi connectivity index (χ1) is 8.09. The fraction of sp³-hybridized carbons (Fsp3) is 0.800. The van der Waals surface area contributed by atoms with E-state index < -0.39 is 12.1 Å². The molecule has 4 N–H and O–H groups in total. The number of carboxylic acids is 1. The van der Waals surface area contributed by atoms with E-state index in [9.17, 15) is 9.59 Å². The van der Waals surface area contributed by atoms with Gasteiger partial charge in [0.15, 0.2) is 6.10 Å². The number of aliphatic hydroxyl groups excluding tert-OH is 1. The number of nitrogens with one attached hydrogen (secondary N) is 2. The molecule has 7 nitrogen and oxygen atoms in total. The average Bonchev–Trinajstić information content (AvgIpc) is 2.30. The largest absolute Gasteiger partial charge is 0.479 e. The van der Waals surface area contributed by atoms with Crippen molar-refractivity contribution in [3.8, 4) is 0 Å². The third-order valence-electron chi connectivity index (χ3n) is 2.60. The van der Waals surface area contributed by atoms with Crippen molar-refractivity contribution < 1.29 is 19.8 Å². The van der Waals surface area contributed by atoms with E-state index in [1.807, 2.05) is 5.01 Å². The molecule has 0 spiro atoms. The molecule has 2 amide bonds. The highest BCUT2D eigenvalue weighted by Gasteiger charge is 2.14. The average molecular weight is 245 g/mol. The Morgan fingerprint density at radius 3 is 2.47 bits per heavy atom. The summed E-state index contributed by atoms with van der Waals surface area (Å²) in [6.07, 6.45) is 1.90. The Balaban J connectivity index is 2.10. The van der Waals surface area contributed by atoms with E-state index >= 15 is 0 Å². The molecule has 1 rings (SSSR count). The molecule has 17 heavy (non-hydrogen) atoms. The summed E-state index contributed by atoms with van der Waals surface area (Å²) < 4.78 is 0. The molecule has 1 heterocycles. The van der Waals surface area contributed by atoms with Crippen LogP contribution in [0.3, 0.4) is 0 Å². The highest BCUT2D eigenvalue weighted by molar-refractivity contribution is 5.74. The van der Waals surface area contributed by atoms with Gasteiger partial charge in [-0.15, -0.1) is 0 Å². The third kappa shape index (κ3) is 5.50. The molecule has 1 aliphatic heterocycles. The number of aliphatic carboxylic acids is 1. The summed E-state index contributed by atoms with van der Waals surface area (Å²) in [5, 5.41) is 21.7. The van der Waals surface area contributed by atoms with Gasteiger partial charge in [0, 0.05) is 26.1 Å². The standard InChI is InChI=1S/C10H19N3O4/c14-8(9(15)16)4-5-11-10(17)12-13-6-2-1-3-7-13/h8,14H,1-7H2,(H,15,16)(H2,11,12,17). The predicted molar refractivity (Wildman–Crippen MR) is 60.2 cm³/mol. The molecule has 0 aromatic rings. The zero-order valence-electron chi connectivity index (χ0n) is 9.69. The lowest BCUT2D eigenvalue weighted by Crippen LogP contribution is -2.49. The van der Waals surface area contributed by atoms with E-state index in [0.717, 1.165) is 25.9 Å². The molecule has 0 aromatic heterocycles. The van der Waals surface area contributed by atoms with Gasteiger partial charge >= 0.3 is 12.0 Å². The number of rotatable bonds is 5. The number of aliphatic hydroxyl groups is 1. The number of carbonyl (C=O) groups is 2. The Bertz CT molecular complexity index is 266. The van der Waals surface area contributed by atoms with Crippen LogP contribution < -0.4 is 10.7 Å². The Morgan fingerprint density at radius 2 is 1.88 bits per heavy atom. The van der Waals surface area contributed by atoms with Crippen molar-refractivity contribution in [3.05, 3.63) is 0 Å². The summed E-state index contributed by atoms with van der Waals surface area (Å²) in [6.45, 7) is 1.81. The molecule has 1 aliphatic rings. The lowest BCUT2D eigenvalue weighted by molar-refractivity contribution is -0.146. The number of carbonyl (C=O) groups excluding carboxylic acids is 1. The molecule has 1 atom stereocenters. The maximum atomic E-state index is 11.4. The maximum absolute atomic E-state index is 11.4. The predicted octanol–water partition coefficient (Wildman–Crippen LogP) is -0.478. The smallest absolute Gasteiger partial charge is 0.332 e. The zero-order valence-corrected chi connectivity index (χ0v) is 9.69. The van der Waals surface area contributed by atoms with Gasteiger partial charge in [0.25, 0.3) is 0 Å². The Kier molecular flexibility index (Phi) is 5.71. The second kappa shape index (κ2) is 7.08. The summed E-state index contributed by atoms with van der Waals surface area (Å²) in [5.41, 5.74) is 2.68. The summed E-state index contributed by atoms with van der Waals surface area (Å²) >= 11 is 0. The van der Waals surface area contributed by atoms with Gasteiger partial charge in [-0.3, -0.25) is 5.43 Å². The van der Waals surface area contributed by atoms with E-state index in [1.54, 1.807) is 0 Å². The molecular formula is C10H19N3O4. The van der Waals surface area contributed by atoms with E-state index in [0.29, 0.717) is 0 Å². The molecule has 98 valence electrons. The van der Waals surface area contributed by atoms with Crippen molar-refractivity contribution in [1.29, 1.82) is 0 Å². The third-order valence-corrected chi connectivity index (χ3v) is 2.60. The molecule has 0 saturated carbocycles. The van der Waals surface area contributed by atoms with E-state index in [2.05, 4.69) is 10.7 Å². The number of hydrazine groups is 1. The number of amides is 2. The van der Waals surface area contributed by atoms with E-state index in [1.165, 1.54) is 6.42 Å². The Labute approximate surface area is 99.8 Å². The van der Waals surface area contributed by atoms with Gasteiger partial charge < -0.3 is 15.5 Å². The van der Waals surface area contributed by atoms with Gasteiger partial charge in [0.05, 0.1) is 0 Å². The quantitative estimate of drug-likeness (QED) is 0.524. The minimum Gasteiger partial charge on any atom is -0.479 e. The van der Waals surface area contributed by atoms with Gasteiger partial charge in [0.2, 0.25) is 0 Å². The number of hydrogen-bond acceptors (Lipinski definition) is 4. The lowest BCUT2D eigenvalue weighted by atomic mass is 10.2. The fourth-order valence-corrected chi connectivity index (χ4v) is 1.63. The highest BCUT2D eigenvalue weighted by atomic mass is 16.4. The topological polar surface area (TPSA) is 102 Å². The van der Waals surface area contributed by atoms with Gasteiger partial charge in [-0.1, -0.05) is 6.42 Å². The van der Waals surface area contributed by atoms with Crippen molar-refractivity contribution in [1.82, 2.24) is 15.8 Å². The van der Waals surface area contributed by atoms with Gasteiger partial charge in [-0.2, -0.15) is 0 Å². The van der Waals surface area contributed by atoms with Crippen molar-refractivity contribution in [3.63, 3.8) is 0 Å². The van der Waals surface area contributed by atoms with Crippen LogP contribution in [0.2, 0.25) is 0 Å². The number of carboxylic acid groups (broad SMARTS) is 1. The first-order valence-corrected chi connectivity index (χ1v) is 5.80. The summed E-state index contributed by atoms with van der Waals surface area (Å²) in [6, 6.07) is -0.357. The van der Waals surface area contributed by atoms with Crippen LogP contribution in [0.1, 0.15) is 25.7 Å². The molecule has 0 bridgehead atoms. The SMILES string of the molecule is O=C(NCCC(O)C(=O)O)NN1CCCCC1. The number of urea groups is 1. The van der Waals surface area contributed by atoms with Gasteiger partial charge in [0.1, 0.15) is 0 Å². The van der Waals surface area contributed by atoms with E-state index in [4.69, 9.17) is 10.2 Å². The van der Waals surface area contributed by atoms with Crippen LogP contribution in [-0.2, 0) is 4.79 Å². The monoisotopic (exact) mass is 245 g/mol. The second-order valence-electron chi connectivity index (χ2n) is 4.06. The molecule has 1 saturated heterocycles. The van der Waals surface area contributed by atoms with Crippen LogP contribution in [0.4, 0.5) is 4.79 Å². The van der Waals surface area contributed by atoms with Crippen LogP contribution >= 0.6 is 0 Å². The first-order valence-electron chi connectivity index (χ1n) is 5.80. The minimum absolute atomic E-state index is 0.00273. The van der Waals surface area contributed by atoms with Crippen molar-refractivity contribution >= 4 is 12.0 Å². The van der Waals surface area contributed by atoms with Crippen LogP contribution in [0.5, 0.6) is 0 Å². The lowest BCUT2D eigenvalue weighted by Gasteiger charge is -2.26. The summed E-state index contributed by atoms with van der Waals surface area (Å²) in [7, 11) is 0. The fourth-order valence-electron chi connectivity index (χ4n) is 1.63. The molecular weight excluding hydrogens is 226 g/mol. The second-order valence-corrected chi connectivity index (χ2v) is 4.06. The summed E-state index contributed by atoms with van der Waals surface area (Å²) in [4.78, 5) is 21.7. The maximum Gasteiger partial charge on any atom is 0.332 e. The Morgan fingerprint density at radius 1 is 1.24 bits per heavy atom. The zero-order chi connectivity index (χ0) is 12.7.